The van der Waals surface area contributed by atoms with Gasteiger partial charge in [0.15, 0.2) is 15.6 Å². The highest BCUT2D eigenvalue weighted by atomic mass is 32.2. The van der Waals surface area contributed by atoms with E-state index in [9.17, 15) is 18.0 Å². The van der Waals surface area contributed by atoms with Crippen molar-refractivity contribution in [2.45, 2.75) is 32.9 Å². The van der Waals surface area contributed by atoms with Crippen molar-refractivity contribution in [3.05, 3.63) is 40.9 Å². The largest absolute Gasteiger partial charge is 0.463 e. The number of sulfone groups is 1. The lowest BCUT2D eigenvalue weighted by Gasteiger charge is -2.30. The van der Waals surface area contributed by atoms with E-state index in [0.29, 0.717) is 24.4 Å². The lowest BCUT2D eigenvalue weighted by molar-refractivity contribution is -0.134. The van der Waals surface area contributed by atoms with Gasteiger partial charge in [-0.3, -0.25) is 9.59 Å². The van der Waals surface area contributed by atoms with E-state index in [2.05, 4.69) is 5.10 Å². The molecule has 8 nitrogen and oxygen atoms in total. The Bertz CT molecular complexity index is 963. The van der Waals surface area contributed by atoms with Gasteiger partial charge < -0.3 is 9.32 Å². The number of carbonyl (C=O) groups is 1. The second-order valence-corrected chi connectivity index (χ2v) is 9.42. The van der Waals surface area contributed by atoms with Crippen LogP contribution in [0.15, 0.2) is 39.7 Å². The number of hydrogen-bond donors (Lipinski definition) is 0. The van der Waals surface area contributed by atoms with Gasteiger partial charge in [-0.1, -0.05) is 13.8 Å². The van der Waals surface area contributed by atoms with Crippen molar-refractivity contribution in [1.82, 2.24) is 14.7 Å². The summed E-state index contributed by atoms with van der Waals surface area (Å²) in [7, 11) is -3.12. The molecule has 146 valence electrons. The van der Waals surface area contributed by atoms with E-state index in [0.717, 1.165) is 4.68 Å². The molecule has 1 aliphatic rings. The van der Waals surface area contributed by atoms with Crippen LogP contribution in [0.1, 0.15) is 20.3 Å². The highest BCUT2D eigenvalue weighted by Crippen LogP contribution is 2.20. The summed E-state index contributed by atoms with van der Waals surface area (Å²) in [5, 5.41) is 4.22. The molecule has 27 heavy (non-hydrogen) atoms. The van der Waals surface area contributed by atoms with Gasteiger partial charge in [-0.05, 0) is 30.5 Å². The molecular weight excluding hydrogens is 370 g/mol. The maximum absolute atomic E-state index is 12.9. The summed E-state index contributed by atoms with van der Waals surface area (Å²) >= 11 is 0. The van der Waals surface area contributed by atoms with Gasteiger partial charge in [0.2, 0.25) is 5.91 Å². The summed E-state index contributed by atoms with van der Waals surface area (Å²) in [6, 6.07) is 5.95. The third-order valence-corrected chi connectivity index (χ3v) is 6.21. The number of carbonyl (C=O) groups excluding carboxylic acids is 1. The van der Waals surface area contributed by atoms with Crippen LogP contribution in [-0.2, 0) is 21.2 Å². The van der Waals surface area contributed by atoms with Gasteiger partial charge in [-0.25, -0.2) is 13.1 Å². The van der Waals surface area contributed by atoms with E-state index in [4.69, 9.17) is 4.42 Å². The van der Waals surface area contributed by atoms with Crippen LogP contribution in [0.3, 0.4) is 0 Å². The molecule has 0 aromatic carbocycles. The quantitative estimate of drug-likeness (QED) is 0.730. The molecule has 2 aromatic rings. The van der Waals surface area contributed by atoms with Crippen LogP contribution in [-0.4, -0.2) is 53.1 Å². The van der Waals surface area contributed by atoms with Crippen molar-refractivity contribution < 1.29 is 17.6 Å². The Hall–Kier alpha value is -2.42. The van der Waals surface area contributed by atoms with E-state index in [1.807, 2.05) is 13.8 Å². The van der Waals surface area contributed by atoms with Crippen LogP contribution in [0.2, 0.25) is 0 Å². The van der Waals surface area contributed by atoms with Gasteiger partial charge >= 0.3 is 0 Å². The van der Waals surface area contributed by atoms with Crippen LogP contribution in [0.4, 0.5) is 0 Å². The van der Waals surface area contributed by atoms with Crippen molar-refractivity contribution in [3.8, 4) is 11.5 Å². The zero-order valence-electron chi connectivity index (χ0n) is 15.4. The highest BCUT2D eigenvalue weighted by Gasteiger charge is 2.35. The molecule has 9 heteroatoms. The van der Waals surface area contributed by atoms with Gasteiger partial charge in [-0.2, -0.15) is 5.10 Å². The number of furan rings is 1. The minimum absolute atomic E-state index is 0.0276. The number of hydrogen-bond acceptors (Lipinski definition) is 6. The first kappa shape index (κ1) is 19.3. The summed E-state index contributed by atoms with van der Waals surface area (Å²) < 4.78 is 30.0. The SMILES string of the molecule is CC(C)CN(C(=O)Cn1nc(-c2ccco2)ccc1=O)C1CCS(=O)(=O)C1. The summed E-state index contributed by atoms with van der Waals surface area (Å²) in [5.74, 6) is 0.428. The first-order chi connectivity index (χ1) is 12.7. The van der Waals surface area contributed by atoms with E-state index < -0.39 is 15.4 Å². The Morgan fingerprint density at radius 3 is 2.74 bits per heavy atom. The van der Waals surface area contributed by atoms with E-state index in [1.165, 1.54) is 18.4 Å². The fraction of sp³-hybridized carbons (Fsp3) is 0.500. The molecule has 1 atom stereocenters. The molecule has 1 aliphatic heterocycles. The average Bonchev–Trinajstić information content (AvgIpc) is 3.24. The van der Waals surface area contributed by atoms with E-state index in [1.54, 1.807) is 17.0 Å². The minimum atomic E-state index is -3.12. The molecule has 0 aliphatic carbocycles. The predicted molar refractivity (Wildman–Crippen MR) is 99.8 cm³/mol. The molecule has 3 rings (SSSR count). The second kappa shape index (κ2) is 7.67. The maximum Gasteiger partial charge on any atom is 0.267 e. The van der Waals surface area contributed by atoms with Crippen molar-refractivity contribution in [3.63, 3.8) is 0 Å². The third-order valence-electron chi connectivity index (χ3n) is 4.46. The zero-order chi connectivity index (χ0) is 19.6. The molecule has 1 amide bonds. The fourth-order valence-electron chi connectivity index (χ4n) is 3.21. The Balaban J connectivity index is 1.83. The Kier molecular flexibility index (Phi) is 5.50. The van der Waals surface area contributed by atoms with Crippen LogP contribution in [0.5, 0.6) is 0 Å². The monoisotopic (exact) mass is 393 g/mol. The highest BCUT2D eigenvalue weighted by molar-refractivity contribution is 7.91. The summed E-state index contributed by atoms with van der Waals surface area (Å²) in [4.78, 5) is 26.6. The molecule has 0 bridgehead atoms. The predicted octanol–water partition coefficient (Wildman–Crippen LogP) is 1.18. The standard InChI is InChI=1S/C18H23N3O5S/c1-13(2)10-20(14-7-9-27(24,25)12-14)18(23)11-21-17(22)6-5-15(19-21)16-4-3-8-26-16/h3-6,8,13-14H,7,9-12H2,1-2H3. The lowest BCUT2D eigenvalue weighted by atomic mass is 10.1. The van der Waals surface area contributed by atoms with Crippen LogP contribution < -0.4 is 5.56 Å². The molecule has 1 saturated heterocycles. The summed E-state index contributed by atoms with van der Waals surface area (Å²) in [6.45, 7) is 4.12. The minimum Gasteiger partial charge on any atom is -0.463 e. The van der Waals surface area contributed by atoms with Crippen molar-refractivity contribution in [2.75, 3.05) is 18.1 Å². The zero-order valence-corrected chi connectivity index (χ0v) is 16.2. The molecule has 0 N–H and O–H groups in total. The van der Waals surface area contributed by atoms with Gasteiger partial charge in [-0.15, -0.1) is 0 Å². The van der Waals surface area contributed by atoms with Crippen molar-refractivity contribution in [2.24, 2.45) is 5.92 Å². The summed E-state index contributed by atoms with van der Waals surface area (Å²) in [5.41, 5.74) is 0.0495. The van der Waals surface area contributed by atoms with E-state index >= 15 is 0 Å². The first-order valence-electron chi connectivity index (χ1n) is 8.87. The molecule has 2 aromatic heterocycles. The van der Waals surface area contributed by atoms with Gasteiger partial charge in [0.1, 0.15) is 12.2 Å². The Labute approximate surface area is 157 Å². The molecule has 0 spiro atoms. The van der Waals surface area contributed by atoms with Gasteiger partial charge in [0.25, 0.3) is 5.56 Å². The normalized spacial score (nSPS) is 18.7. The molecule has 1 unspecified atom stereocenters. The number of rotatable bonds is 6. The van der Waals surface area contributed by atoms with E-state index in [-0.39, 0.29) is 35.9 Å². The average molecular weight is 393 g/mol. The van der Waals surface area contributed by atoms with Crippen LogP contribution in [0.25, 0.3) is 11.5 Å². The smallest absolute Gasteiger partial charge is 0.267 e. The van der Waals surface area contributed by atoms with Gasteiger partial charge in [0, 0.05) is 18.7 Å². The number of aromatic nitrogens is 2. The fourth-order valence-corrected chi connectivity index (χ4v) is 4.94. The second-order valence-electron chi connectivity index (χ2n) is 7.19. The third kappa shape index (κ3) is 4.65. The molecule has 3 heterocycles. The number of nitrogens with zero attached hydrogens (tertiary/aromatic N) is 3. The molecule has 0 radical (unpaired) electrons. The first-order valence-corrected chi connectivity index (χ1v) is 10.7. The van der Waals surface area contributed by atoms with Crippen molar-refractivity contribution >= 4 is 15.7 Å². The summed E-state index contributed by atoms with van der Waals surface area (Å²) in [6.07, 6.45) is 1.93. The lowest BCUT2D eigenvalue weighted by Crippen LogP contribution is -2.46. The van der Waals surface area contributed by atoms with Gasteiger partial charge in [0.05, 0.1) is 17.8 Å². The topological polar surface area (TPSA) is 102 Å². The molecule has 0 saturated carbocycles. The van der Waals surface area contributed by atoms with Crippen LogP contribution >= 0.6 is 0 Å². The Morgan fingerprint density at radius 1 is 1.37 bits per heavy atom. The van der Waals surface area contributed by atoms with Crippen LogP contribution in [0, 0.1) is 5.92 Å². The van der Waals surface area contributed by atoms with Crippen molar-refractivity contribution in [1.29, 1.82) is 0 Å². The Morgan fingerprint density at radius 2 is 2.15 bits per heavy atom. The molecule has 1 fully saturated rings. The maximum atomic E-state index is 12.9. The number of amides is 1. The molecular formula is C18H23N3O5S.